The Balaban J connectivity index is 2.83. The molecular formula is C10H7BrN2O4S. The third kappa shape index (κ3) is 2.11. The summed E-state index contributed by atoms with van der Waals surface area (Å²) in [5.74, 6) is -0.505. The fraction of sp³-hybridized carbons (Fsp3) is 0.100. The molecule has 0 aliphatic heterocycles. The summed E-state index contributed by atoms with van der Waals surface area (Å²) in [4.78, 5) is 2.75. The zero-order chi connectivity index (χ0) is 13.5. The monoisotopic (exact) mass is 330 g/mol. The molecule has 8 heteroatoms. The molecular weight excluding hydrogens is 324 g/mol. The van der Waals surface area contributed by atoms with Crippen molar-refractivity contribution in [1.82, 2.24) is 0 Å². The van der Waals surface area contributed by atoms with Crippen LogP contribution in [0.1, 0.15) is 16.4 Å². The van der Waals surface area contributed by atoms with Gasteiger partial charge in [-0.25, -0.2) is 0 Å². The van der Waals surface area contributed by atoms with Crippen LogP contribution < -0.4 is 0 Å². The highest BCUT2D eigenvalue weighted by molar-refractivity contribution is 9.10. The number of rotatable bonds is 1. The molecule has 1 aromatic carbocycles. The molecule has 6 nitrogen and oxygen atoms in total. The van der Waals surface area contributed by atoms with Crippen molar-refractivity contribution in [3.05, 3.63) is 45.1 Å². The maximum atomic E-state index is 11.4. The van der Waals surface area contributed by atoms with E-state index in [0.717, 1.165) is 0 Å². The van der Waals surface area contributed by atoms with E-state index < -0.39 is 26.8 Å². The van der Waals surface area contributed by atoms with Crippen molar-refractivity contribution in [2.75, 3.05) is 0 Å². The van der Waals surface area contributed by atoms with Crippen molar-refractivity contribution in [3.63, 3.8) is 0 Å². The molecule has 1 aliphatic carbocycles. The van der Waals surface area contributed by atoms with Crippen LogP contribution in [0.2, 0.25) is 0 Å². The highest BCUT2D eigenvalue weighted by Gasteiger charge is 2.43. The number of benzene rings is 1. The quantitative estimate of drug-likeness (QED) is 0.465. The van der Waals surface area contributed by atoms with Crippen molar-refractivity contribution in [1.29, 1.82) is 0 Å². The molecule has 0 saturated heterocycles. The fourth-order valence-electron chi connectivity index (χ4n) is 1.81. The Labute approximate surface area is 111 Å². The fourth-order valence-corrected chi connectivity index (χ4v) is 3.17. The highest BCUT2D eigenvalue weighted by atomic mass is 79.9. The lowest BCUT2D eigenvalue weighted by Crippen LogP contribution is -2.27. The van der Waals surface area contributed by atoms with Gasteiger partial charge in [-0.2, -0.15) is 13.2 Å². The predicted octanol–water partition coefficient (Wildman–Crippen LogP) is 1.96. The Bertz CT molecular complexity index is 705. The lowest BCUT2D eigenvalue weighted by Gasteiger charge is -2.17. The third-order valence-electron chi connectivity index (χ3n) is 2.54. The van der Waals surface area contributed by atoms with Gasteiger partial charge in [0.2, 0.25) is 11.0 Å². The third-order valence-corrected chi connectivity index (χ3v) is 4.11. The van der Waals surface area contributed by atoms with E-state index in [0.29, 0.717) is 10.0 Å². The second-order valence-corrected chi connectivity index (χ2v) is 6.10. The Morgan fingerprint density at radius 2 is 2.06 bits per heavy atom. The van der Waals surface area contributed by atoms with E-state index in [2.05, 4.69) is 20.7 Å². The van der Waals surface area contributed by atoms with Gasteiger partial charge in [0.25, 0.3) is 10.1 Å². The second kappa shape index (κ2) is 4.33. The Kier molecular flexibility index (Phi) is 3.12. The summed E-state index contributed by atoms with van der Waals surface area (Å²) >= 11 is 3.18. The molecule has 0 bridgehead atoms. The van der Waals surface area contributed by atoms with Crippen LogP contribution in [-0.4, -0.2) is 28.6 Å². The molecule has 0 radical (unpaired) electrons. The molecule has 1 unspecified atom stereocenters. The molecule has 94 valence electrons. The van der Waals surface area contributed by atoms with Crippen LogP contribution in [0.4, 0.5) is 0 Å². The van der Waals surface area contributed by atoms with Gasteiger partial charge in [-0.3, -0.25) is 4.55 Å². The summed E-state index contributed by atoms with van der Waals surface area (Å²) in [5.41, 5.74) is 8.92. The van der Waals surface area contributed by atoms with Crippen molar-refractivity contribution in [2.45, 2.75) is 5.25 Å². The first-order valence-corrected chi connectivity index (χ1v) is 7.03. The molecule has 1 aliphatic rings. The van der Waals surface area contributed by atoms with Crippen LogP contribution in [-0.2, 0) is 10.1 Å². The standard InChI is InChI=1S/C10H7BrN2O4S/c11-6-2-1-5-3-8(14)9(13-12)10(7(5)4-6)18(15,16)17/h1-4,10,14H,(H,15,16,17). The van der Waals surface area contributed by atoms with Gasteiger partial charge in [0.05, 0.1) is 0 Å². The van der Waals surface area contributed by atoms with Crippen LogP contribution in [0.5, 0.6) is 0 Å². The van der Waals surface area contributed by atoms with Gasteiger partial charge in [-0.15, -0.1) is 0 Å². The number of hydrogen-bond donors (Lipinski definition) is 2. The van der Waals surface area contributed by atoms with Crippen LogP contribution in [0.25, 0.3) is 11.6 Å². The molecule has 0 fully saturated rings. The number of halogens is 1. The summed E-state index contributed by atoms with van der Waals surface area (Å²) in [7, 11) is -4.56. The Hall–Kier alpha value is -1.47. The number of allylic oxidation sites excluding steroid dienone is 1. The van der Waals surface area contributed by atoms with E-state index in [1.165, 1.54) is 12.1 Å². The van der Waals surface area contributed by atoms with Crippen LogP contribution in [0.15, 0.2) is 28.4 Å². The summed E-state index contributed by atoms with van der Waals surface area (Å²) < 4.78 is 32.6. The zero-order valence-corrected chi connectivity index (χ0v) is 11.2. The zero-order valence-electron chi connectivity index (χ0n) is 8.78. The average Bonchev–Trinajstić information content (AvgIpc) is 2.26. The van der Waals surface area contributed by atoms with Crippen LogP contribution in [0, 0.1) is 0 Å². The highest BCUT2D eigenvalue weighted by Crippen LogP contribution is 2.35. The van der Waals surface area contributed by atoms with E-state index in [4.69, 9.17) is 5.53 Å². The van der Waals surface area contributed by atoms with Gasteiger partial charge >= 0.3 is 5.71 Å². The number of aliphatic hydroxyl groups is 1. The van der Waals surface area contributed by atoms with Crippen molar-refractivity contribution < 1.29 is 22.9 Å². The van der Waals surface area contributed by atoms with E-state index >= 15 is 0 Å². The largest absolute Gasteiger partial charge is 0.502 e. The summed E-state index contributed by atoms with van der Waals surface area (Å²) in [6.07, 6.45) is 1.26. The SMILES string of the molecule is [N-]=[N+]=C1C(O)=Cc2ccc(Br)cc2C1S(=O)(=O)O. The minimum Gasteiger partial charge on any atom is -0.502 e. The van der Waals surface area contributed by atoms with E-state index in [9.17, 15) is 18.1 Å². The van der Waals surface area contributed by atoms with Crippen molar-refractivity contribution in [3.8, 4) is 0 Å². The maximum Gasteiger partial charge on any atom is 0.358 e. The van der Waals surface area contributed by atoms with Crippen LogP contribution >= 0.6 is 15.9 Å². The van der Waals surface area contributed by atoms with Gasteiger partial charge in [0.1, 0.15) is 0 Å². The Morgan fingerprint density at radius 1 is 1.39 bits per heavy atom. The van der Waals surface area contributed by atoms with Gasteiger partial charge in [0, 0.05) is 4.47 Å². The lowest BCUT2D eigenvalue weighted by molar-refractivity contribution is -0.0105. The predicted molar refractivity (Wildman–Crippen MR) is 67.7 cm³/mol. The summed E-state index contributed by atoms with van der Waals surface area (Å²) in [5, 5.41) is 7.99. The molecule has 0 amide bonds. The normalized spacial score (nSPS) is 18.9. The second-order valence-electron chi connectivity index (χ2n) is 3.68. The van der Waals surface area contributed by atoms with E-state index in [1.54, 1.807) is 12.1 Å². The molecule has 1 aromatic rings. The first-order chi connectivity index (χ1) is 8.34. The Morgan fingerprint density at radius 3 is 2.61 bits per heavy atom. The van der Waals surface area contributed by atoms with Gasteiger partial charge < -0.3 is 10.6 Å². The molecule has 2 N–H and O–H groups in total. The first kappa shape index (κ1) is 13.0. The number of fused-ring (bicyclic) bond motifs is 1. The van der Waals surface area contributed by atoms with Gasteiger partial charge in [-0.05, 0) is 29.3 Å². The molecule has 2 rings (SSSR count). The van der Waals surface area contributed by atoms with Crippen molar-refractivity contribution >= 4 is 37.8 Å². The molecule has 0 spiro atoms. The minimum atomic E-state index is -4.56. The molecule has 0 heterocycles. The summed E-state index contributed by atoms with van der Waals surface area (Å²) in [6.45, 7) is 0. The van der Waals surface area contributed by atoms with Crippen LogP contribution in [0.3, 0.4) is 0 Å². The number of hydrogen-bond acceptors (Lipinski definition) is 3. The number of nitrogens with zero attached hydrogens (tertiary/aromatic N) is 2. The molecule has 1 atom stereocenters. The van der Waals surface area contributed by atoms with E-state index in [1.807, 2.05) is 0 Å². The maximum absolute atomic E-state index is 11.4. The molecule has 0 saturated carbocycles. The molecule has 18 heavy (non-hydrogen) atoms. The van der Waals surface area contributed by atoms with Gasteiger partial charge in [0.15, 0.2) is 0 Å². The minimum absolute atomic E-state index is 0.220. The van der Waals surface area contributed by atoms with Gasteiger partial charge in [-0.1, -0.05) is 22.0 Å². The van der Waals surface area contributed by atoms with E-state index in [-0.39, 0.29) is 5.56 Å². The average molecular weight is 331 g/mol. The topological polar surface area (TPSA) is 111 Å². The number of aliphatic hydroxyl groups excluding tert-OH is 1. The lowest BCUT2D eigenvalue weighted by atomic mass is 9.94. The van der Waals surface area contributed by atoms with Crippen molar-refractivity contribution in [2.24, 2.45) is 0 Å². The first-order valence-electron chi connectivity index (χ1n) is 4.73. The summed E-state index contributed by atoms with van der Waals surface area (Å²) in [6, 6.07) is 4.70. The smallest absolute Gasteiger partial charge is 0.358 e. The molecule has 0 aromatic heterocycles.